The number of amides is 2. The van der Waals surface area contributed by atoms with Crippen LogP contribution in [-0.2, 0) is 13.2 Å². The van der Waals surface area contributed by atoms with Crippen LogP contribution in [0, 0.1) is 5.92 Å². The molecule has 1 unspecified atom stereocenters. The molecule has 2 rings (SSSR count). The summed E-state index contributed by atoms with van der Waals surface area (Å²) in [5.74, 6) is 0.245. The highest BCUT2D eigenvalue weighted by molar-refractivity contribution is 5.90. The van der Waals surface area contributed by atoms with Crippen molar-refractivity contribution in [2.45, 2.75) is 44.8 Å². The lowest BCUT2D eigenvalue weighted by Gasteiger charge is -2.38. The summed E-state index contributed by atoms with van der Waals surface area (Å²) in [6.45, 7) is 4.15. The summed E-state index contributed by atoms with van der Waals surface area (Å²) < 4.78 is 40.0. The highest BCUT2D eigenvalue weighted by Gasteiger charge is 2.44. The summed E-state index contributed by atoms with van der Waals surface area (Å²) in [5.41, 5.74) is -2.23. The van der Waals surface area contributed by atoms with Gasteiger partial charge in [0.05, 0.1) is 17.8 Å². The van der Waals surface area contributed by atoms with E-state index in [0.29, 0.717) is 25.8 Å². The number of aromatic nitrogens is 2. The molecule has 0 bridgehead atoms. The molecule has 0 radical (unpaired) electrons. The third-order valence-electron chi connectivity index (χ3n) is 4.26. The molecule has 1 atom stereocenters. The van der Waals surface area contributed by atoms with Gasteiger partial charge in [-0.1, -0.05) is 13.8 Å². The third-order valence-corrected chi connectivity index (χ3v) is 4.26. The van der Waals surface area contributed by atoms with Crippen molar-refractivity contribution in [2.24, 2.45) is 13.0 Å². The minimum Gasteiger partial charge on any atom is -0.394 e. The lowest BCUT2D eigenvalue weighted by Crippen LogP contribution is -2.52. The van der Waals surface area contributed by atoms with Crippen molar-refractivity contribution in [3.8, 4) is 0 Å². The van der Waals surface area contributed by atoms with Crippen LogP contribution in [0.2, 0.25) is 0 Å². The van der Waals surface area contributed by atoms with Crippen LogP contribution in [0.5, 0.6) is 0 Å². The number of likely N-dealkylation sites (tertiary alicyclic amines) is 1. The number of nitrogens with zero attached hydrogens (tertiary/aromatic N) is 3. The second-order valence-electron chi connectivity index (χ2n) is 6.73. The number of alkyl halides is 3. The molecule has 0 saturated carbocycles. The van der Waals surface area contributed by atoms with Crippen LogP contribution in [0.4, 0.5) is 23.7 Å². The molecule has 24 heavy (non-hydrogen) atoms. The van der Waals surface area contributed by atoms with Gasteiger partial charge in [-0.05, 0) is 25.2 Å². The lowest BCUT2D eigenvalue weighted by atomic mass is 9.87. The van der Waals surface area contributed by atoms with Crippen LogP contribution >= 0.6 is 0 Å². The molecule has 6 nitrogen and oxygen atoms in total. The van der Waals surface area contributed by atoms with E-state index in [4.69, 9.17) is 0 Å². The normalized spacial score (nSPS) is 21.6. The molecule has 1 saturated heterocycles. The Morgan fingerprint density at radius 3 is 2.71 bits per heavy atom. The Morgan fingerprint density at radius 2 is 2.17 bits per heavy atom. The van der Waals surface area contributed by atoms with Crippen LogP contribution in [0.1, 0.15) is 38.8 Å². The maximum absolute atomic E-state index is 13.0. The maximum Gasteiger partial charge on any atom is 0.437 e. The average molecular weight is 348 g/mol. The molecule has 2 heterocycles. The molecular weight excluding hydrogens is 325 g/mol. The summed E-state index contributed by atoms with van der Waals surface area (Å²) >= 11 is 0. The Hall–Kier alpha value is -1.77. The van der Waals surface area contributed by atoms with Crippen LogP contribution in [0.25, 0.3) is 0 Å². The number of halogens is 3. The second-order valence-corrected chi connectivity index (χ2v) is 6.73. The Kier molecular flexibility index (Phi) is 5.12. The van der Waals surface area contributed by atoms with Crippen molar-refractivity contribution in [2.75, 3.05) is 18.5 Å². The Balaban J connectivity index is 2.23. The number of aliphatic hydroxyl groups excluding tert-OH is 1. The molecule has 2 amide bonds. The first-order chi connectivity index (χ1) is 11.1. The molecule has 136 valence electrons. The van der Waals surface area contributed by atoms with E-state index in [-0.39, 0.29) is 18.2 Å². The topological polar surface area (TPSA) is 70.4 Å². The van der Waals surface area contributed by atoms with E-state index in [1.54, 1.807) is 0 Å². The van der Waals surface area contributed by atoms with Gasteiger partial charge in [-0.15, -0.1) is 0 Å². The fourth-order valence-electron chi connectivity index (χ4n) is 3.43. The molecule has 1 aromatic heterocycles. The third kappa shape index (κ3) is 3.66. The minimum atomic E-state index is -4.65. The van der Waals surface area contributed by atoms with Crippen LogP contribution in [0.3, 0.4) is 0 Å². The van der Waals surface area contributed by atoms with E-state index < -0.39 is 23.4 Å². The van der Waals surface area contributed by atoms with E-state index in [1.807, 2.05) is 13.8 Å². The largest absolute Gasteiger partial charge is 0.437 e. The number of anilines is 1. The zero-order valence-electron chi connectivity index (χ0n) is 14.0. The average Bonchev–Trinajstić information content (AvgIpc) is 3.02. The van der Waals surface area contributed by atoms with Gasteiger partial charge in [-0.3, -0.25) is 4.68 Å². The predicted octanol–water partition coefficient (Wildman–Crippen LogP) is 2.84. The van der Waals surface area contributed by atoms with Crippen LogP contribution in [0.15, 0.2) is 6.20 Å². The van der Waals surface area contributed by atoms with Crippen molar-refractivity contribution in [1.29, 1.82) is 0 Å². The van der Waals surface area contributed by atoms with Gasteiger partial charge in [0.15, 0.2) is 5.69 Å². The van der Waals surface area contributed by atoms with Gasteiger partial charge >= 0.3 is 12.2 Å². The zero-order chi connectivity index (χ0) is 18.1. The van der Waals surface area contributed by atoms with E-state index in [9.17, 15) is 23.1 Å². The number of carbonyl (C=O) groups excluding carboxylic acids is 1. The van der Waals surface area contributed by atoms with Gasteiger partial charge in [0.1, 0.15) is 0 Å². The number of nitrogens with one attached hydrogen (secondary N) is 1. The van der Waals surface area contributed by atoms with Crippen molar-refractivity contribution in [3.63, 3.8) is 0 Å². The molecule has 0 spiro atoms. The fraction of sp³-hybridized carbons (Fsp3) is 0.733. The lowest BCUT2D eigenvalue weighted by molar-refractivity contribution is -0.140. The standard InChI is InChI=1S/C15H23F3N4O2/c1-10(2)7-14(9-23)5-4-6-22(14)13(24)19-11-8-21(3)20-12(11)15(16,17)18/h8,10,23H,4-7,9H2,1-3H3,(H,19,24). The fourth-order valence-corrected chi connectivity index (χ4v) is 3.43. The first kappa shape index (κ1) is 18.6. The molecular formula is C15H23F3N4O2. The van der Waals surface area contributed by atoms with Gasteiger partial charge < -0.3 is 15.3 Å². The smallest absolute Gasteiger partial charge is 0.394 e. The Labute approximate surface area is 138 Å². The van der Waals surface area contributed by atoms with Crippen molar-refractivity contribution in [3.05, 3.63) is 11.9 Å². The van der Waals surface area contributed by atoms with E-state index in [0.717, 1.165) is 10.9 Å². The summed E-state index contributed by atoms with van der Waals surface area (Å²) in [4.78, 5) is 14.0. The SMILES string of the molecule is CC(C)CC1(CO)CCCN1C(=O)Nc1cn(C)nc1C(F)(F)F. The molecule has 2 N–H and O–H groups in total. The van der Waals surface area contributed by atoms with Crippen molar-refractivity contribution < 1.29 is 23.1 Å². The molecule has 9 heteroatoms. The molecule has 1 aromatic rings. The number of aliphatic hydroxyl groups is 1. The highest BCUT2D eigenvalue weighted by Crippen LogP contribution is 2.37. The molecule has 0 aliphatic carbocycles. The molecule has 1 aliphatic rings. The quantitative estimate of drug-likeness (QED) is 0.879. The van der Waals surface area contributed by atoms with E-state index in [1.165, 1.54) is 11.9 Å². The molecule has 0 aromatic carbocycles. The molecule has 1 fully saturated rings. The highest BCUT2D eigenvalue weighted by atomic mass is 19.4. The molecule has 1 aliphatic heterocycles. The summed E-state index contributed by atoms with van der Waals surface area (Å²) in [6, 6.07) is -0.638. The van der Waals surface area contributed by atoms with Gasteiger partial charge in [0.2, 0.25) is 0 Å². The van der Waals surface area contributed by atoms with Gasteiger partial charge in [-0.25, -0.2) is 4.79 Å². The number of aryl methyl sites for hydroxylation is 1. The van der Waals surface area contributed by atoms with Crippen LogP contribution < -0.4 is 5.32 Å². The zero-order valence-corrected chi connectivity index (χ0v) is 14.0. The van der Waals surface area contributed by atoms with Crippen LogP contribution in [-0.4, -0.2) is 44.5 Å². The van der Waals surface area contributed by atoms with Crippen molar-refractivity contribution >= 4 is 11.7 Å². The number of carbonyl (C=O) groups is 1. The van der Waals surface area contributed by atoms with Crippen molar-refractivity contribution in [1.82, 2.24) is 14.7 Å². The second kappa shape index (κ2) is 6.62. The van der Waals surface area contributed by atoms with E-state index in [2.05, 4.69) is 10.4 Å². The van der Waals surface area contributed by atoms with Gasteiger partial charge in [-0.2, -0.15) is 18.3 Å². The number of urea groups is 1. The Bertz CT molecular complexity index is 600. The van der Waals surface area contributed by atoms with Gasteiger partial charge in [0.25, 0.3) is 0 Å². The number of hydrogen-bond donors (Lipinski definition) is 2. The minimum absolute atomic E-state index is 0.211. The predicted molar refractivity (Wildman–Crippen MR) is 82.4 cm³/mol. The number of rotatable bonds is 4. The first-order valence-electron chi connectivity index (χ1n) is 7.89. The number of hydrogen-bond acceptors (Lipinski definition) is 3. The Morgan fingerprint density at radius 1 is 1.50 bits per heavy atom. The maximum atomic E-state index is 13.0. The summed E-state index contributed by atoms with van der Waals surface area (Å²) in [6.07, 6.45) is -1.59. The van der Waals surface area contributed by atoms with E-state index >= 15 is 0 Å². The first-order valence-corrected chi connectivity index (χ1v) is 7.89. The van der Waals surface area contributed by atoms with Gasteiger partial charge in [0, 0.05) is 19.8 Å². The summed E-state index contributed by atoms with van der Waals surface area (Å²) in [7, 11) is 1.36. The monoisotopic (exact) mass is 348 g/mol. The summed E-state index contributed by atoms with van der Waals surface area (Å²) in [5, 5.41) is 15.5.